The molecule has 0 saturated carbocycles. The van der Waals surface area contributed by atoms with Crippen LogP contribution in [-0.2, 0) is 20.7 Å². The monoisotopic (exact) mass is 381 g/mol. The summed E-state index contributed by atoms with van der Waals surface area (Å²) in [6, 6.07) is 17.2. The summed E-state index contributed by atoms with van der Waals surface area (Å²) in [5, 5.41) is 6.17. The van der Waals surface area contributed by atoms with Crippen molar-refractivity contribution in [3.8, 4) is 0 Å². The van der Waals surface area contributed by atoms with E-state index in [0.29, 0.717) is 32.6 Å². The van der Waals surface area contributed by atoms with Crippen molar-refractivity contribution in [2.45, 2.75) is 25.8 Å². The molecule has 2 aromatic rings. The summed E-state index contributed by atoms with van der Waals surface area (Å²) >= 11 is 0. The number of nitrogens with one attached hydrogen (secondary N) is 2. The van der Waals surface area contributed by atoms with Crippen molar-refractivity contribution in [1.82, 2.24) is 5.32 Å². The Kier molecular flexibility index (Phi) is 7.17. The summed E-state index contributed by atoms with van der Waals surface area (Å²) in [5.74, 6) is 0.00178. The van der Waals surface area contributed by atoms with Gasteiger partial charge in [-0.3, -0.25) is 9.59 Å². The van der Waals surface area contributed by atoms with Crippen LogP contribution in [0, 0.1) is 0 Å². The first kappa shape index (κ1) is 20.0. The van der Waals surface area contributed by atoms with E-state index in [-0.39, 0.29) is 17.9 Å². The predicted octanol–water partition coefficient (Wildman–Crippen LogP) is 2.60. The summed E-state index contributed by atoms with van der Waals surface area (Å²) in [6.45, 7) is 4.62. The first-order valence-corrected chi connectivity index (χ1v) is 9.71. The number of rotatable bonds is 7. The zero-order chi connectivity index (χ0) is 19.8. The van der Waals surface area contributed by atoms with Crippen LogP contribution in [0.3, 0.4) is 0 Å². The molecule has 0 aliphatic carbocycles. The predicted molar refractivity (Wildman–Crippen MR) is 110 cm³/mol. The minimum atomic E-state index is -0.0481. The molecule has 28 heavy (non-hydrogen) atoms. The van der Waals surface area contributed by atoms with Gasteiger partial charge < -0.3 is 20.3 Å². The topological polar surface area (TPSA) is 70.7 Å². The Hall–Kier alpha value is -2.70. The van der Waals surface area contributed by atoms with Crippen molar-refractivity contribution in [1.29, 1.82) is 0 Å². The van der Waals surface area contributed by atoms with Gasteiger partial charge in [0, 0.05) is 36.9 Å². The first-order chi connectivity index (χ1) is 13.7. The summed E-state index contributed by atoms with van der Waals surface area (Å²) in [4.78, 5) is 26.6. The maximum Gasteiger partial charge on any atom is 0.231 e. The smallest absolute Gasteiger partial charge is 0.231 e. The van der Waals surface area contributed by atoms with E-state index in [1.165, 1.54) is 0 Å². The number of para-hydroxylation sites is 1. The van der Waals surface area contributed by atoms with Crippen molar-refractivity contribution >= 4 is 23.2 Å². The number of anilines is 2. The third-order valence-corrected chi connectivity index (χ3v) is 4.71. The van der Waals surface area contributed by atoms with Crippen molar-refractivity contribution in [2.75, 3.05) is 36.5 Å². The number of morpholine rings is 1. The van der Waals surface area contributed by atoms with E-state index in [1.807, 2.05) is 61.5 Å². The minimum absolute atomic E-state index is 0.0481. The van der Waals surface area contributed by atoms with Crippen molar-refractivity contribution in [2.24, 2.45) is 0 Å². The number of likely N-dealkylation sites (N-methyl/N-ethyl adjacent to an activating group) is 1. The summed E-state index contributed by atoms with van der Waals surface area (Å²) in [7, 11) is 0. The highest BCUT2D eigenvalue weighted by molar-refractivity contribution is 5.95. The highest BCUT2D eigenvalue weighted by Crippen LogP contribution is 2.16. The van der Waals surface area contributed by atoms with Crippen LogP contribution in [-0.4, -0.2) is 44.2 Å². The molecule has 0 bridgehead atoms. The molecular formula is C22H27N3O3. The lowest BCUT2D eigenvalue weighted by Gasteiger charge is -2.23. The second-order valence-corrected chi connectivity index (χ2v) is 6.83. The zero-order valence-corrected chi connectivity index (χ0v) is 16.2. The normalized spacial score (nSPS) is 16.4. The second-order valence-electron chi connectivity index (χ2n) is 6.83. The van der Waals surface area contributed by atoms with E-state index in [1.54, 1.807) is 4.90 Å². The third kappa shape index (κ3) is 5.65. The van der Waals surface area contributed by atoms with E-state index in [2.05, 4.69) is 10.6 Å². The molecule has 6 nitrogen and oxygen atoms in total. The maximum atomic E-state index is 12.7. The quantitative estimate of drug-likeness (QED) is 0.773. The van der Waals surface area contributed by atoms with Crippen LogP contribution in [0.25, 0.3) is 0 Å². The number of hydrogen-bond acceptors (Lipinski definition) is 4. The molecule has 3 rings (SSSR count). The van der Waals surface area contributed by atoms with Gasteiger partial charge in [-0.25, -0.2) is 0 Å². The average molecular weight is 381 g/mol. The number of amides is 2. The molecular weight excluding hydrogens is 354 g/mol. The molecule has 0 spiro atoms. The van der Waals surface area contributed by atoms with Gasteiger partial charge in [-0.15, -0.1) is 0 Å². The number of ether oxygens (including phenoxy) is 1. The van der Waals surface area contributed by atoms with Crippen LogP contribution < -0.4 is 15.5 Å². The highest BCUT2D eigenvalue weighted by Gasteiger charge is 2.17. The number of carbonyl (C=O) groups is 2. The molecule has 6 heteroatoms. The van der Waals surface area contributed by atoms with Crippen molar-refractivity contribution in [3.05, 3.63) is 60.2 Å². The Morgan fingerprint density at radius 2 is 1.89 bits per heavy atom. The van der Waals surface area contributed by atoms with Crippen molar-refractivity contribution < 1.29 is 14.3 Å². The van der Waals surface area contributed by atoms with E-state index < -0.39 is 0 Å². The molecule has 1 aliphatic heterocycles. The van der Waals surface area contributed by atoms with E-state index >= 15 is 0 Å². The fraction of sp³-hybridized carbons (Fsp3) is 0.364. The van der Waals surface area contributed by atoms with Crippen molar-refractivity contribution in [3.63, 3.8) is 0 Å². The van der Waals surface area contributed by atoms with Crippen LogP contribution in [0.2, 0.25) is 0 Å². The van der Waals surface area contributed by atoms with Crippen LogP contribution in [0.1, 0.15) is 18.9 Å². The van der Waals surface area contributed by atoms with Gasteiger partial charge in [0.05, 0.1) is 19.6 Å². The number of benzene rings is 2. The van der Waals surface area contributed by atoms with E-state index in [4.69, 9.17) is 4.74 Å². The third-order valence-electron chi connectivity index (χ3n) is 4.71. The summed E-state index contributed by atoms with van der Waals surface area (Å²) in [5.41, 5.74) is 2.55. The molecule has 2 amide bonds. The highest BCUT2D eigenvalue weighted by atomic mass is 16.5. The molecule has 1 unspecified atom stereocenters. The molecule has 1 heterocycles. The number of hydrogen-bond donors (Lipinski definition) is 2. The van der Waals surface area contributed by atoms with Gasteiger partial charge >= 0.3 is 0 Å². The maximum absolute atomic E-state index is 12.7. The summed E-state index contributed by atoms with van der Waals surface area (Å²) < 4.78 is 5.37. The lowest BCUT2D eigenvalue weighted by Crippen LogP contribution is -2.43. The van der Waals surface area contributed by atoms with Gasteiger partial charge in [0.25, 0.3) is 0 Å². The fourth-order valence-electron chi connectivity index (χ4n) is 3.27. The standard InChI is InChI=1S/C22H27N3O3/c1-2-25(20-6-4-3-5-7-20)22(27)14-17-8-10-18(11-9-17)24-21(26)15-19-16-28-13-12-23-19/h3-11,19,23H,2,12-16H2,1H3,(H,24,26). The molecule has 0 radical (unpaired) electrons. The molecule has 1 atom stereocenters. The van der Waals surface area contributed by atoms with Crippen LogP contribution >= 0.6 is 0 Å². The van der Waals surface area contributed by atoms with E-state index in [9.17, 15) is 9.59 Å². The molecule has 2 aromatic carbocycles. The molecule has 148 valence electrons. The molecule has 1 aliphatic rings. The Bertz CT molecular complexity index is 771. The average Bonchev–Trinajstić information content (AvgIpc) is 2.71. The van der Waals surface area contributed by atoms with Crippen LogP contribution in [0.5, 0.6) is 0 Å². The number of carbonyl (C=O) groups excluding carboxylic acids is 2. The van der Waals surface area contributed by atoms with Gasteiger partial charge in [0.1, 0.15) is 0 Å². The van der Waals surface area contributed by atoms with Gasteiger partial charge in [0.2, 0.25) is 11.8 Å². The Morgan fingerprint density at radius 3 is 2.54 bits per heavy atom. The summed E-state index contributed by atoms with van der Waals surface area (Å²) in [6.07, 6.45) is 0.697. The largest absolute Gasteiger partial charge is 0.378 e. The lowest BCUT2D eigenvalue weighted by atomic mass is 10.1. The number of nitrogens with zero attached hydrogens (tertiary/aromatic N) is 1. The Morgan fingerprint density at radius 1 is 1.14 bits per heavy atom. The second kappa shape index (κ2) is 10.0. The molecule has 0 aromatic heterocycles. The Labute approximate surface area is 165 Å². The fourth-order valence-corrected chi connectivity index (χ4v) is 3.27. The zero-order valence-electron chi connectivity index (χ0n) is 16.2. The Balaban J connectivity index is 1.53. The SMILES string of the molecule is CCN(C(=O)Cc1ccc(NC(=O)CC2COCCN2)cc1)c1ccccc1. The van der Waals surface area contributed by atoms with Crippen LogP contribution in [0.15, 0.2) is 54.6 Å². The van der Waals surface area contributed by atoms with Crippen LogP contribution in [0.4, 0.5) is 11.4 Å². The van der Waals surface area contributed by atoms with Gasteiger partial charge in [-0.2, -0.15) is 0 Å². The first-order valence-electron chi connectivity index (χ1n) is 9.71. The van der Waals surface area contributed by atoms with Gasteiger partial charge in [-0.1, -0.05) is 30.3 Å². The lowest BCUT2D eigenvalue weighted by molar-refractivity contribution is -0.118. The molecule has 1 saturated heterocycles. The van der Waals surface area contributed by atoms with Gasteiger partial charge in [-0.05, 0) is 36.8 Å². The van der Waals surface area contributed by atoms with E-state index in [0.717, 1.165) is 23.5 Å². The van der Waals surface area contributed by atoms with Gasteiger partial charge in [0.15, 0.2) is 0 Å². The molecule has 1 fully saturated rings. The minimum Gasteiger partial charge on any atom is -0.378 e. The molecule has 2 N–H and O–H groups in total.